The van der Waals surface area contributed by atoms with Crippen molar-refractivity contribution in [2.75, 3.05) is 45.3 Å². The second-order valence-corrected chi connectivity index (χ2v) is 14.1. The number of carbonyl (C=O) groups is 1. The number of pyridine rings is 1. The van der Waals surface area contributed by atoms with Crippen LogP contribution >= 0.6 is 51.6 Å². The number of hydrogen-bond acceptors (Lipinski definition) is 11. The first-order chi connectivity index (χ1) is 21.8. The monoisotopic (exact) mass is 809 g/mol. The van der Waals surface area contributed by atoms with Crippen LogP contribution in [0.3, 0.4) is 0 Å². The highest BCUT2D eigenvalue weighted by atomic mass is 127. The molecule has 0 saturated carbocycles. The van der Waals surface area contributed by atoms with Crippen molar-refractivity contribution in [1.29, 1.82) is 0 Å². The van der Waals surface area contributed by atoms with Crippen molar-refractivity contribution in [3.05, 3.63) is 34.3 Å². The SMILES string of the molecule is COC(OC)[C@@H](C)Oc1nc(N2CCN(C(=O)OC(C)(C)C)CC2)c2cc(Cl)nc(Oc3c(Cl)c(F)cc4c3cnn4PI)c2n1. The fraction of sp³-hybridized carbons (Fsp3) is 0.464. The number of piperazine rings is 1. The van der Waals surface area contributed by atoms with E-state index in [-0.39, 0.29) is 39.7 Å². The zero-order valence-electron chi connectivity index (χ0n) is 25.8. The largest absolute Gasteiger partial charge is 0.455 e. The molecule has 248 valence electrons. The third kappa shape index (κ3) is 7.44. The topological polar surface area (TPSA) is 126 Å². The van der Waals surface area contributed by atoms with Gasteiger partial charge in [0.2, 0.25) is 5.88 Å². The van der Waals surface area contributed by atoms with E-state index in [0.29, 0.717) is 48.3 Å². The molecule has 0 bridgehead atoms. The number of amides is 1. The molecule has 1 amide bonds. The molecule has 4 heterocycles. The maximum atomic E-state index is 15.0. The standard InChI is InChI=1S/C28H32Cl2FIN7O6P/c1-14(25(41-5)42-6)43-26-35-21-15(23(36-26)37-7-9-38(10-8-37)27(40)45-28(2,3)4)11-19(29)34-24(21)44-22-16-13-33-39(46-32)18(16)12-17(31)20(22)30/h11-14,25,46H,7-10H2,1-6H3/t14-/m1/s1. The fourth-order valence-electron chi connectivity index (χ4n) is 4.87. The van der Waals surface area contributed by atoms with Crippen LogP contribution < -0.4 is 14.4 Å². The van der Waals surface area contributed by atoms with Gasteiger partial charge in [0.05, 0.1) is 28.9 Å². The third-order valence-corrected chi connectivity index (χ3v) is 9.38. The number of benzene rings is 1. The van der Waals surface area contributed by atoms with Gasteiger partial charge in [0.1, 0.15) is 39.0 Å². The Kier molecular flexibility index (Phi) is 10.8. The summed E-state index contributed by atoms with van der Waals surface area (Å²) >= 11 is 15.1. The molecule has 1 fully saturated rings. The Balaban J connectivity index is 1.59. The van der Waals surface area contributed by atoms with Crippen molar-refractivity contribution in [3.63, 3.8) is 0 Å². The minimum Gasteiger partial charge on any atom is -0.455 e. The Morgan fingerprint density at radius 2 is 1.76 bits per heavy atom. The zero-order chi connectivity index (χ0) is 33.3. The Hall–Kier alpha value is -2.56. The van der Waals surface area contributed by atoms with E-state index < -0.39 is 29.9 Å². The average Bonchev–Trinajstić information content (AvgIpc) is 3.41. The second-order valence-electron chi connectivity index (χ2n) is 11.3. The lowest BCUT2D eigenvalue weighted by Gasteiger charge is -2.36. The van der Waals surface area contributed by atoms with E-state index in [2.05, 4.69) is 37.1 Å². The van der Waals surface area contributed by atoms with E-state index >= 15 is 4.39 Å². The van der Waals surface area contributed by atoms with Gasteiger partial charge in [-0.2, -0.15) is 20.1 Å². The number of fused-ring (bicyclic) bond motifs is 2. The maximum absolute atomic E-state index is 15.0. The second kappa shape index (κ2) is 14.3. The summed E-state index contributed by atoms with van der Waals surface area (Å²) in [5, 5.41) is 5.12. The molecular weight excluding hydrogens is 778 g/mol. The molecule has 13 nitrogen and oxygen atoms in total. The number of nitrogens with zero attached hydrogens (tertiary/aromatic N) is 7. The van der Waals surface area contributed by atoms with E-state index in [9.17, 15) is 4.79 Å². The van der Waals surface area contributed by atoms with Gasteiger partial charge < -0.3 is 33.5 Å². The van der Waals surface area contributed by atoms with Crippen LogP contribution in [0.5, 0.6) is 17.6 Å². The number of methoxy groups -OCH3 is 2. The number of halogens is 4. The normalized spacial score (nSPS) is 15.0. The first kappa shape index (κ1) is 34.8. The predicted octanol–water partition coefficient (Wildman–Crippen LogP) is 6.85. The fourth-order valence-corrected chi connectivity index (χ4v) is 6.79. The van der Waals surface area contributed by atoms with E-state index in [4.69, 9.17) is 51.9 Å². The van der Waals surface area contributed by atoms with Gasteiger partial charge in [0, 0.05) is 46.5 Å². The summed E-state index contributed by atoms with van der Waals surface area (Å²) in [6.07, 6.45) is 0.0327. The molecule has 0 N–H and O–H groups in total. The summed E-state index contributed by atoms with van der Waals surface area (Å²) < 4.78 is 45.2. The smallest absolute Gasteiger partial charge is 0.410 e. The minimum absolute atomic E-state index is 0.00874. The molecule has 46 heavy (non-hydrogen) atoms. The van der Waals surface area contributed by atoms with Crippen molar-refractivity contribution in [2.24, 2.45) is 0 Å². The van der Waals surface area contributed by atoms with Crippen LogP contribution in [0, 0.1) is 5.82 Å². The van der Waals surface area contributed by atoms with Crippen LogP contribution in [0.2, 0.25) is 10.2 Å². The quantitative estimate of drug-likeness (QED) is 0.0763. The average molecular weight is 810 g/mol. The van der Waals surface area contributed by atoms with Crippen LogP contribution in [0.1, 0.15) is 27.7 Å². The van der Waals surface area contributed by atoms with Crippen molar-refractivity contribution in [2.45, 2.75) is 45.7 Å². The summed E-state index contributed by atoms with van der Waals surface area (Å²) in [4.78, 5) is 30.1. The van der Waals surface area contributed by atoms with Crippen molar-refractivity contribution < 1.29 is 32.9 Å². The number of aromatic nitrogens is 5. The molecule has 0 spiro atoms. The van der Waals surface area contributed by atoms with Gasteiger partial charge in [-0.05, 0) is 55.8 Å². The molecule has 2 atom stereocenters. The Labute approximate surface area is 289 Å². The molecule has 0 radical (unpaired) electrons. The van der Waals surface area contributed by atoms with Gasteiger partial charge in [-0.1, -0.05) is 23.2 Å². The molecule has 4 aromatic rings. The van der Waals surface area contributed by atoms with E-state index in [0.717, 1.165) is 0 Å². The van der Waals surface area contributed by atoms with Crippen molar-refractivity contribution >= 4 is 85.3 Å². The minimum atomic E-state index is -0.714. The lowest BCUT2D eigenvalue weighted by molar-refractivity contribution is -0.152. The molecule has 1 saturated heterocycles. The Bertz CT molecular complexity index is 1750. The third-order valence-electron chi connectivity index (χ3n) is 6.95. The highest BCUT2D eigenvalue weighted by Gasteiger charge is 2.30. The number of anilines is 1. The van der Waals surface area contributed by atoms with Crippen LogP contribution in [0.25, 0.3) is 21.8 Å². The summed E-state index contributed by atoms with van der Waals surface area (Å²) in [6, 6.07) is 2.89. The summed E-state index contributed by atoms with van der Waals surface area (Å²) in [5.41, 5.74) is 0.111. The lowest BCUT2D eigenvalue weighted by Crippen LogP contribution is -2.50. The van der Waals surface area contributed by atoms with Crippen molar-refractivity contribution in [1.82, 2.24) is 29.4 Å². The molecule has 1 aromatic carbocycles. The molecule has 1 unspecified atom stereocenters. The summed E-state index contributed by atoms with van der Waals surface area (Å²) in [6.45, 7) is 8.81. The van der Waals surface area contributed by atoms with Crippen LogP contribution in [-0.2, 0) is 14.2 Å². The van der Waals surface area contributed by atoms with Gasteiger partial charge >= 0.3 is 12.1 Å². The highest BCUT2D eigenvalue weighted by Crippen LogP contribution is 2.43. The molecule has 18 heteroatoms. The van der Waals surface area contributed by atoms with Crippen LogP contribution in [-0.4, -0.2) is 93.9 Å². The maximum Gasteiger partial charge on any atom is 0.410 e. The van der Waals surface area contributed by atoms with E-state index in [1.54, 1.807) is 28.5 Å². The Morgan fingerprint density at radius 3 is 2.39 bits per heavy atom. The summed E-state index contributed by atoms with van der Waals surface area (Å²) in [7, 11) is 2.99. The molecule has 3 aromatic heterocycles. The summed E-state index contributed by atoms with van der Waals surface area (Å²) in [5.74, 6) is -0.266. The number of ether oxygens (including phenoxy) is 5. The zero-order valence-corrected chi connectivity index (χ0v) is 30.5. The Morgan fingerprint density at radius 1 is 1.07 bits per heavy atom. The lowest BCUT2D eigenvalue weighted by atomic mass is 10.2. The molecular formula is C28H32Cl2FIN7O6P. The first-order valence-corrected chi connectivity index (χ1v) is 18.9. The van der Waals surface area contributed by atoms with Gasteiger partial charge in [-0.3, -0.25) is 0 Å². The number of hydrogen-bond donors (Lipinski definition) is 0. The predicted molar refractivity (Wildman–Crippen MR) is 183 cm³/mol. The van der Waals surface area contributed by atoms with Gasteiger partial charge in [0.25, 0.3) is 0 Å². The van der Waals surface area contributed by atoms with Gasteiger partial charge in [-0.25, -0.2) is 13.6 Å². The van der Waals surface area contributed by atoms with Gasteiger partial charge in [0.15, 0.2) is 12.0 Å². The van der Waals surface area contributed by atoms with Crippen LogP contribution in [0.15, 0.2) is 18.3 Å². The first-order valence-electron chi connectivity index (χ1n) is 14.1. The van der Waals surface area contributed by atoms with Crippen LogP contribution in [0.4, 0.5) is 15.0 Å². The van der Waals surface area contributed by atoms with E-state index in [1.165, 1.54) is 20.3 Å². The molecule has 1 aliphatic heterocycles. The number of carbonyl (C=O) groups excluding carboxylic acids is 1. The highest BCUT2D eigenvalue weighted by molar-refractivity contribution is 14.2. The molecule has 5 rings (SSSR count). The van der Waals surface area contributed by atoms with Gasteiger partial charge in [-0.15, -0.1) is 0 Å². The van der Waals surface area contributed by atoms with Crippen molar-refractivity contribution in [3.8, 4) is 17.6 Å². The molecule has 1 aliphatic rings. The number of rotatable bonds is 9. The molecule has 0 aliphatic carbocycles. The van der Waals surface area contributed by atoms with E-state index in [1.807, 2.05) is 25.7 Å².